The SMILES string of the molecule is Cc1ccc(OCCCC(=O)Oc2ccc(C)c(C)c2)cc1. The average molecular weight is 298 g/mol. The zero-order valence-corrected chi connectivity index (χ0v) is 13.4. The Labute approximate surface area is 131 Å². The molecule has 0 saturated carbocycles. The summed E-state index contributed by atoms with van der Waals surface area (Å²) in [6, 6.07) is 13.5. The molecule has 2 aromatic rings. The van der Waals surface area contributed by atoms with E-state index in [1.165, 1.54) is 11.1 Å². The van der Waals surface area contributed by atoms with Gasteiger partial charge in [0.15, 0.2) is 0 Å². The molecule has 0 fully saturated rings. The van der Waals surface area contributed by atoms with Crippen LogP contribution in [-0.2, 0) is 4.79 Å². The van der Waals surface area contributed by atoms with E-state index in [0.717, 1.165) is 11.3 Å². The van der Waals surface area contributed by atoms with E-state index in [9.17, 15) is 4.79 Å². The van der Waals surface area contributed by atoms with Gasteiger partial charge in [-0.2, -0.15) is 0 Å². The normalized spacial score (nSPS) is 10.3. The summed E-state index contributed by atoms with van der Waals surface area (Å²) in [6.07, 6.45) is 0.982. The van der Waals surface area contributed by atoms with Crippen LogP contribution in [0.2, 0.25) is 0 Å². The minimum Gasteiger partial charge on any atom is -0.494 e. The van der Waals surface area contributed by atoms with Gasteiger partial charge in [0.1, 0.15) is 11.5 Å². The number of aryl methyl sites for hydroxylation is 3. The van der Waals surface area contributed by atoms with Crippen molar-refractivity contribution in [2.45, 2.75) is 33.6 Å². The van der Waals surface area contributed by atoms with Crippen molar-refractivity contribution in [2.75, 3.05) is 6.61 Å². The second-order valence-electron chi connectivity index (χ2n) is 5.49. The van der Waals surface area contributed by atoms with Crippen LogP contribution in [-0.4, -0.2) is 12.6 Å². The van der Waals surface area contributed by atoms with Crippen molar-refractivity contribution >= 4 is 5.97 Å². The van der Waals surface area contributed by atoms with Crippen LogP contribution in [0.5, 0.6) is 11.5 Å². The first-order chi connectivity index (χ1) is 10.5. The van der Waals surface area contributed by atoms with E-state index in [2.05, 4.69) is 0 Å². The molecule has 3 nitrogen and oxygen atoms in total. The number of ether oxygens (including phenoxy) is 2. The van der Waals surface area contributed by atoms with E-state index in [4.69, 9.17) is 9.47 Å². The lowest BCUT2D eigenvalue weighted by Crippen LogP contribution is -2.10. The number of rotatable bonds is 6. The van der Waals surface area contributed by atoms with Crippen LogP contribution in [0.4, 0.5) is 0 Å². The zero-order valence-electron chi connectivity index (χ0n) is 13.4. The molecule has 0 heterocycles. The molecule has 116 valence electrons. The summed E-state index contributed by atoms with van der Waals surface area (Å²) in [5.74, 6) is 1.21. The summed E-state index contributed by atoms with van der Waals surface area (Å²) in [5.41, 5.74) is 3.50. The van der Waals surface area contributed by atoms with Crippen molar-refractivity contribution in [1.82, 2.24) is 0 Å². The monoisotopic (exact) mass is 298 g/mol. The van der Waals surface area contributed by atoms with E-state index in [1.807, 2.05) is 63.2 Å². The molecule has 2 aromatic carbocycles. The van der Waals surface area contributed by atoms with Gasteiger partial charge in [0, 0.05) is 6.42 Å². The quantitative estimate of drug-likeness (QED) is 0.451. The van der Waals surface area contributed by atoms with Gasteiger partial charge in [-0.25, -0.2) is 0 Å². The molecule has 3 heteroatoms. The number of hydrogen-bond acceptors (Lipinski definition) is 3. The number of benzene rings is 2. The highest BCUT2D eigenvalue weighted by atomic mass is 16.5. The largest absolute Gasteiger partial charge is 0.494 e. The number of esters is 1. The van der Waals surface area contributed by atoms with Crippen LogP contribution >= 0.6 is 0 Å². The fraction of sp³-hybridized carbons (Fsp3) is 0.316. The Morgan fingerprint density at radius 3 is 2.27 bits per heavy atom. The molecule has 0 amide bonds. The van der Waals surface area contributed by atoms with Crippen LogP contribution < -0.4 is 9.47 Å². The third-order valence-corrected chi connectivity index (χ3v) is 3.53. The van der Waals surface area contributed by atoms with Gasteiger partial charge in [0.05, 0.1) is 6.61 Å². The molecule has 0 spiro atoms. The predicted molar refractivity (Wildman–Crippen MR) is 87.5 cm³/mol. The summed E-state index contributed by atoms with van der Waals surface area (Å²) in [7, 11) is 0. The first-order valence-corrected chi connectivity index (χ1v) is 7.52. The van der Waals surface area contributed by atoms with E-state index < -0.39 is 0 Å². The minimum atomic E-state index is -0.226. The smallest absolute Gasteiger partial charge is 0.311 e. The van der Waals surface area contributed by atoms with Crippen LogP contribution in [0.15, 0.2) is 42.5 Å². The summed E-state index contributed by atoms with van der Waals surface area (Å²) in [5, 5.41) is 0. The van der Waals surface area contributed by atoms with Gasteiger partial charge in [0.2, 0.25) is 0 Å². The Morgan fingerprint density at radius 1 is 0.909 bits per heavy atom. The van der Waals surface area contributed by atoms with Crippen LogP contribution in [0, 0.1) is 20.8 Å². The lowest BCUT2D eigenvalue weighted by Gasteiger charge is -2.08. The molecule has 0 radical (unpaired) electrons. The lowest BCUT2D eigenvalue weighted by molar-refractivity contribution is -0.134. The molecule has 22 heavy (non-hydrogen) atoms. The standard InChI is InChI=1S/C19H22O3/c1-14-6-9-17(10-7-14)21-12-4-5-19(20)22-18-11-8-15(2)16(3)13-18/h6-11,13H,4-5,12H2,1-3H3. The highest BCUT2D eigenvalue weighted by Gasteiger charge is 2.06. The van der Waals surface area contributed by atoms with Gasteiger partial charge in [0.25, 0.3) is 0 Å². The molecule has 0 N–H and O–H groups in total. The highest BCUT2D eigenvalue weighted by Crippen LogP contribution is 2.17. The molecular weight excluding hydrogens is 276 g/mol. The summed E-state index contributed by atoms with van der Waals surface area (Å²) in [6.45, 7) is 6.57. The highest BCUT2D eigenvalue weighted by molar-refractivity contribution is 5.72. The van der Waals surface area contributed by atoms with Crippen molar-refractivity contribution in [2.24, 2.45) is 0 Å². The molecule has 0 aliphatic carbocycles. The van der Waals surface area contributed by atoms with E-state index in [1.54, 1.807) is 0 Å². The number of carbonyl (C=O) groups excluding carboxylic acids is 1. The summed E-state index contributed by atoms with van der Waals surface area (Å²) >= 11 is 0. The van der Waals surface area contributed by atoms with Crippen molar-refractivity contribution < 1.29 is 14.3 Å². The first-order valence-electron chi connectivity index (χ1n) is 7.52. The van der Waals surface area contributed by atoms with E-state index >= 15 is 0 Å². The molecule has 0 aliphatic rings. The minimum absolute atomic E-state index is 0.226. The topological polar surface area (TPSA) is 35.5 Å². The van der Waals surface area contributed by atoms with E-state index in [0.29, 0.717) is 25.2 Å². The molecule has 0 bridgehead atoms. The maximum Gasteiger partial charge on any atom is 0.311 e. The van der Waals surface area contributed by atoms with Gasteiger partial charge >= 0.3 is 5.97 Å². The number of hydrogen-bond donors (Lipinski definition) is 0. The molecular formula is C19H22O3. The Balaban J connectivity index is 1.71. The summed E-state index contributed by atoms with van der Waals surface area (Å²) < 4.78 is 10.9. The Hall–Kier alpha value is -2.29. The molecule has 0 aliphatic heterocycles. The Bertz CT molecular complexity index is 630. The maximum atomic E-state index is 11.8. The van der Waals surface area contributed by atoms with Gasteiger partial charge in [-0.1, -0.05) is 23.8 Å². The average Bonchev–Trinajstić information content (AvgIpc) is 2.49. The summed E-state index contributed by atoms with van der Waals surface area (Å²) in [4.78, 5) is 11.8. The molecule has 0 atom stereocenters. The second-order valence-corrected chi connectivity index (χ2v) is 5.49. The third-order valence-electron chi connectivity index (χ3n) is 3.53. The fourth-order valence-corrected chi connectivity index (χ4v) is 2.00. The molecule has 2 rings (SSSR count). The Morgan fingerprint density at radius 2 is 1.59 bits per heavy atom. The molecule has 0 unspecified atom stereocenters. The number of carbonyl (C=O) groups is 1. The third kappa shape index (κ3) is 4.92. The van der Waals surface area contributed by atoms with Gasteiger partial charge in [-0.15, -0.1) is 0 Å². The molecule has 0 saturated heterocycles. The van der Waals surface area contributed by atoms with Crippen LogP contribution in [0.25, 0.3) is 0 Å². The zero-order chi connectivity index (χ0) is 15.9. The first kappa shape index (κ1) is 16.1. The van der Waals surface area contributed by atoms with Gasteiger partial charge < -0.3 is 9.47 Å². The Kier molecular flexibility index (Phi) is 5.59. The fourth-order valence-electron chi connectivity index (χ4n) is 2.00. The maximum absolute atomic E-state index is 11.8. The van der Waals surface area contributed by atoms with Crippen LogP contribution in [0.3, 0.4) is 0 Å². The van der Waals surface area contributed by atoms with Crippen LogP contribution in [0.1, 0.15) is 29.5 Å². The van der Waals surface area contributed by atoms with Crippen molar-refractivity contribution in [1.29, 1.82) is 0 Å². The predicted octanol–water partition coefficient (Wildman–Crippen LogP) is 4.38. The van der Waals surface area contributed by atoms with Gasteiger partial charge in [-0.3, -0.25) is 4.79 Å². The van der Waals surface area contributed by atoms with Crippen molar-refractivity contribution in [3.8, 4) is 11.5 Å². The molecule has 0 aromatic heterocycles. The van der Waals surface area contributed by atoms with Crippen molar-refractivity contribution in [3.05, 3.63) is 59.2 Å². The van der Waals surface area contributed by atoms with Crippen molar-refractivity contribution in [3.63, 3.8) is 0 Å². The van der Waals surface area contributed by atoms with Gasteiger partial charge in [-0.05, 0) is 62.6 Å². The van der Waals surface area contributed by atoms with E-state index in [-0.39, 0.29) is 5.97 Å². The second kappa shape index (κ2) is 7.64. The lowest BCUT2D eigenvalue weighted by atomic mass is 10.1.